The van der Waals surface area contributed by atoms with E-state index in [2.05, 4.69) is 6.92 Å². The normalized spacial score (nSPS) is 13.6. The number of carboxylic acid groups (broad SMARTS) is 1. The van der Waals surface area contributed by atoms with Gasteiger partial charge in [-0.2, -0.15) is 0 Å². The third-order valence-electron chi connectivity index (χ3n) is 3.66. The number of hydrogen-bond acceptors (Lipinski definition) is 4. The van der Waals surface area contributed by atoms with Gasteiger partial charge in [0.15, 0.2) is 11.5 Å². The number of carboxylic acids is 1. The highest BCUT2D eigenvalue weighted by Gasteiger charge is 2.25. The molecule has 0 saturated carbocycles. The largest absolute Gasteiger partial charge is 0.478 e. The fourth-order valence-corrected chi connectivity index (χ4v) is 2.56. The Morgan fingerprint density at radius 2 is 2.00 bits per heavy atom. The molecule has 1 aliphatic heterocycles. The second-order valence-electron chi connectivity index (χ2n) is 5.31. The summed E-state index contributed by atoms with van der Waals surface area (Å²) in [5, 5.41) is 9.56. The third-order valence-corrected chi connectivity index (χ3v) is 3.66. The zero-order valence-electron chi connectivity index (χ0n) is 12.8. The topological polar surface area (TPSA) is 65.0 Å². The molecular weight excluding hydrogens is 296 g/mol. The molecule has 0 amide bonds. The molecule has 3 rings (SSSR count). The standard InChI is InChI=1S/C18H18O5/c1-2-5-12-6-3-4-7-14(12)23-17(18(19)20)13-8-9-15-16(10-13)22-11-21-15/h3-4,6-10,17H,2,5,11H2,1H3,(H,19,20). The predicted octanol–water partition coefficient (Wildman–Crippen LogP) is 3.57. The minimum Gasteiger partial charge on any atom is -0.478 e. The Kier molecular flexibility index (Phi) is 4.37. The van der Waals surface area contributed by atoms with Gasteiger partial charge in [-0.25, -0.2) is 4.79 Å². The number of fused-ring (bicyclic) bond motifs is 1. The molecule has 0 radical (unpaired) electrons. The Bertz CT molecular complexity index is 710. The molecule has 0 saturated heterocycles. The fourth-order valence-electron chi connectivity index (χ4n) is 2.56. The van der Waals surface area contributed by atoms with E-state index in [1.807, 2.05) is 18.2 Å². The Morgan fingerprint density at radius 3 is 2.78 bits per heavy atom. The number of para-hydroxylation sites is 1. The summed E-state index contributed by atoms with van der Waals surface area (Å²) in [6.45, 7) is 2.22. The average Bonchev–Trinajstić information content (AvgIpc) is 3.01. The molecule has 0 aliphatic carbocycles. The van der Waals surface area contributed by atoms with Crippen molar-refractivity contribution in [3.63, 3.8) is 0 Å². The maximum atomic E-state index is 11.7. The van der Waals surface area contributed by atoms with Gasteiger partial charge in [-0.1, -0.05) is 37.6 Å². The minimum atomic E-state index is -1.09. The number of ether oxygens (including phenoxy) is 3. The van der Waals surface area contributed by atoms with Gasteiger partial charge in [0, 0.05) is 5.56 Å². The van der Waals surface area contributed by atoms with Crippen molar-refractivity contribution in [2.45, 2.75) is 25.9 Å². The van der Waals surface area contributed by atoms with E-state index in [0.717, 1.165) is 18.4 Å². The predicted molar refractivity (Wildman–Crippen MR) is 84.0 cm³/mol. The number of benzene rings is 2. The number of rotatable bonds is 6. The van der Waals surface area contributed by atoms with Crippen LogP contribution < -0.4 is 14.2 Å². The summed E-state index contributed by atoms with van der Waals surface area (Å²) in [5.41, 5.74) is 1.52. The maximum absolute atomic E-state index is 11.7. The van der Waals surface area contributed by atoms with Crippen molar-refractivity contribution in [1.82, 2.24) is 0 Å². The summed E-state index contributed by atoms with van der Waals surface area (Å²) in [4.78, 5) is 11.7. The summed E-state index contributed by atoms with van der Waals surface area (Å²) >= 11 is 0. The Morgan fingerprint density at radius 1 is 1.22 bits per heavy atom. The Hall–Kier alpha value is -2.69. The SMILES string of the molecule is CCCc1ccccc1OC(C(=O)O)c1ccc2c(c1)OCO2. The quantitative estimate of drug-likeness (QED) is 0.883. The Balaban J connectivity index is 1.90. The van der Waals surface area contributed by atoms with Gasteiger partial charge in [-0.05, 0) is 30.2 Å². The second kappa shape index (κ2) is 6.60. The van der Waals surface area contributed by atoms with Gasteiger partial charge >= 0.3 is 5.97 Å². The van der Waals surface area contributed by atoms with E-state index < -0.39 is 12.1 Å². The third kappa shape index (κ3) is 3.23. The van der Waals surface area contributed by atoms with Crippen LogP contribution in [0.1, 0.15) is 30.6 Å². The van der Waals surface area contributed by atoms with Crippen LogP contribution in [0.2, 0.25) is 0 Å². The van der Waals surface area contributed by atoms with Crippen LogP contribution >= 0.6 is 0 Å². The molecule has 120 valence electrons. The first-order chi connectivity index (χ1) is 11.2. The van der Waals surface area contributed by atoms with E-state index in [-0.39, 0.29) is 6.79 Å². The molecule has 1 N–H and O–H groups in total. The van der Waals surface area contributed by atoms with Crippen molar-refractivity contribution >= 4 is 5.97 Å². The highest BCUT2D eigenvalue weighted by Crippen LogP contribution is 2.35. The van der Waals surface area contributed by atoms with E-state index >= 15 is 0 Å². The number of aliphatic carboxylic acids is 1. The molecule has 23 heavy (non-hydrogen) atoms. The monoisotopic (exact) mass is 314 g/mol. The molecule has 0 fully saturated rings. The lowest BCUT2D eigenvalue weighted by Crippen LogP contribution is -2.18. The highest BCUT2D eigenvalue weighted by molar-refractivity contribution is 5.75. The molecular formula is C18H18O5. The molecule has 0 bridgehead atoms. The molecule has 5 heteroatoms. The molecule has 1 atom stereocenters. The lowest BCUT2D eigenvalue weighted by atomic mass is 10.1. The van der Waals surface area contributed by atoms with Gasteiger partial charge in [0.1, 0.15) is 5.75 Å². The van der Waals surface area contributed by atoms with Crippen molar-refractivity contribution in [2.24, 2.45) is 0 Å². The Labute approximate surface area is 134 Å². The highest BCUT2D eigenvalue weighted by atomic mass is 16.7. The van der Waals surface area contributed by atoms with Crippen LogP contribution in [0.25, 0.3) is 0 Å². The van der Waals surface area contributed by atoms with E-state index in [9.17, 15) is 9.90 Å². The first-order valence-corrected chi connectivity index (χ1v) is 7.56. The van der Waals surface area contributed by atoms with Crippen LogP contribution in [0.15, 0.2) is 42.5 Å². The average molecular weight is 314 g/mol. The van der Waals surface area contributed by atoms with Crippen molar-refractivity contribution < 1.29 is 24.1 Å². The van der Waals surface area contributed by atoms with Crippen molar-refractivity contribution in [3.05, 3.63) is 53.6 Å². The van der Waals surface area contributed by atoms with Crippen molar-refractivity contribution in [1.29, 1.82) is 0 Å². The van der Waals surface area contributed by atoms with Crippen LogP contribution in [-0.4, -0.2) is 17.9 Å². The zero-order valence-corrected chi connectivity index (χ0v) is 12.8. The van der Waals surface area contributed by atoms with Crippen LogP contribution in [0.3, 0.4) is 0 Å². The van der Waals surface area contributed by atoms with E-state index in [1.54, 1.807) is 24.3 Å². The summed E-state index contributed by atoms with van der Waals surface area (Å²) in [5.74, 6) is 0.707. The summed E-state index contributed by atoms with van der Waals surface area (Å²) < 4.78 is 16.4. The zero-order chi connectivity index (χ0) is 16.2. The van der Waals surface area contributed by atoms with Gasteiger partial charge in [0.25, 0.3) is 0 Å². The van der Waals surface area contributed by atoms with Crippen molar-refractivity contribution in [2.75, 3.05) is 6.79 Å². The molecule has 1 heterocycles. The molecule has 2 aromatic carbocycles. The van der Waals surface area contributed by atoms with Gasteiger partial charge in [0.2, 0.25) is 12.9 Å². The molecule has 2 aromatic rings. The molecule has 1 aliphatic rings. The lowest BCUT2D eigenvalue weighted by molar-refractivity contribution is -0.145. The second-order valence-corrected chi connectivity index (χ2v) is 5.31. The summed E-state index contributed by atoms with van der Waals surface area (Å²) in [6.07, 6.45) is 0.703. The van der Waals surface area contributed by atoms with Gasteiger partial charge < -0.3 is 19.3 Å². The van der Waals surface area contributed by atoms with E-state index in [1.165, 1.54) is 0 Å². The van der Waals surface area contributed by atoms with E-state index in [4.69, 9.17) is 14.2 Å². The maximum Gasteiger partial charge on any atom is 0.349 e. The van der Waals surface area contributed by atoms with E-state index in [0.29, 0.717) is 22.8 Å². The van der Waals surface area contributed by atoms with Crippen LogP contribution in [-0.2, 0) is 11.2 Å². The van der Waals surface area contributed by atoms with Gasteiger partial charge in [-0.3, -0.25) is 0 Å². The molecule has 1 unspecified atom stereocenters. The first-order valence-electron chi connectivity index (χ1n) is 7.56. The van der Waals surface area contributed by atoms with Gasteiger partial charge in [0.05, 0.1) is 0 Å². The molecule has 0 spiro atoms. The summed E-state index contributed by atoms with van der Waals surface area (Å²) in [7, 11) is 0. The van der Waals surface area contributed by atoms with Crippen molar-refractivity contribution in [3.8, 4) is 17.2 Å². The van der Waals surface area contributed by atoms with Crippen LogP contribution in [0.4, 0.5) is 0 Å². The minimum absolute atomic E-state index is 0.150. The number of aryl methyl sites for hydroxylation is 1. The van der Waals surface area contributed by atoms with Crippen LogP contribution in [0.5, 0.6) is 17.2 Å². The number of hydrogen-bond donors (Lipinski definition) is 1. The fraction of sp³-hybridized carbons (Fsp3) is 0.278. The molecule has 5 nitrogen and oxygen atoms in total. The molecule has 0 aromatic heterocycles. The first kappa shape index (κ1) is 15.2. The lowest BCUT2D eigenvalue weighted by Gasteiger charge is -2.18. The number of carbonyl (C=O) groups is 1. The smallest absolute Gasteiger partial charge is 0.349 e. The van der Waals surface area contributed by atoms with Crippen LogP contribution in [0, 0.1) is 0 Å². The van der Waals surface area contributed by atoms with Gasteiger partial charge in [-0.15, -0.1) is 0 Å². The summed E-state index contributed by atoms with van der Waals surface area (Å²) in [6, 6.07) is 12.6.